The molecule has 0 aliphatic carbocycles. The van der Waals surface area contributed by atoms with E-state index >= 15 is 0 Å². The van der Waals surface area contributed by atoms with Crippen molar-refractivity contribution in [1.82, 2.24) is 4.98 Å². The Morgan fingerprint density at radius 3 is 1.96 bits per heavy atom. The van der Waals surface area contributed by atoms with Crippen LogP contribution in [-0.4, -0.2) is 4.98 Å². The van der Waals surface area contributed by atoms with Crippen LogP contribution in [0.3, 0.4) is 0 Å². The van der Waals surface area contributed by atoms with Gasteiger partial charge < -0.3 is 0 Å². The third-order valence-corrected chi connectivity index (χ3v) is 5.14. The largest absolute Gasteiger partial charge is 0.251 e. The SMILES string of the molecule is N#CCc1nc(-c2ccc(Cl)c(Cl)c2)ccc1-c1ccc(Cl)c(Cl)c1. The Morgan fingerprint density at radius 2 is 1.36 bits per heavy atom. The first kappa shape index (κ1) is 18.0. The number of halogens is 4. The highest BCUT2D eigenvalue weighted by Crippen LogP contribution is 2.33. The summed E-state index contributed by atoms with van der Waals surface area (Å²) in [6.07, 6.45) is 0.171. The lowest BCUT2D eigenvalue weighted by Crippen LogP contribution is -1.96. The van der Waals surface area contributed by atoms with Crippen LogP contribution in [0.1, 0.15) is 5.69 Å². The highest BCUT2D eigenvalue weighted by molar-refractivity contribution is 6.42. The molecule has 0 atom stereocenters. The van der Waals surface area contributed by atoms with Crippen molar-refractivity contribution in [2.75, 3.05) is 0 Å². The normalized spacial score (nSPS) is 10.5. The molecule has 2 aromatic carbocycles. The second-order valence-corrected chi connectivity index (χ2v) is 6.91. The van der Waals surface area contributed by atoms with Crippen LogP contribution in [0.15, 0.2) is 48.5 Å². The Hall–Kier alpha value is -1.76. The number of pyridine rings is 1. The van der Waals surface area contributed by atoms with Crippen LogP contribution in [0, 0.1) is 11.3 Å². The Labute approximate surface area is 165 Å². The Bertz CT molecular complexity index is 993. The molecule has 1 heterocycles. The lowest BCUT2D eigenvalue weighted by molar-refractivity contribution is 1.12. The zero-order valence-electron chi connectivity index (χ0n) is 12.7. The van der Waals surface area contributed by atoms with Gasteiger partial charge in [-0.1, -0.05) is 64.6 Å². The van der Waals surface area contributed by atoms with Crippen LogP contribution in [0.25, 0.3) is 22.4 Å². The van der Waals surface area contributed by atoms with E-state index in [1.54, 1.807) is 24.3 Å². The Kier molecular flexibility index (Phi) is 5.51. The molecule has 2 nitrogen and oxygen atoms in total. The standard InChI is InChI=1S/C19H10Cl4N2/c20-14-4-1-11(9-16(14)22)13-3-6-18(25-19(13)7-8-24)12-2-5-15(21)17(23)10-12/h1-6,9-10H,7H2. The number of rotatable bonds is 3. The second-order valence-electron chi connectivity index (χ2n) is 5.28. The first-order valence-corrected chi connectivity index (χ1v) is 8.78. The van der Waals surface area contributed by atoms with Gasteiger partial charge in [0.05, 0.1) is 44.0 Å². The summed E-state index contributed by atoms with van der Waals surface area (Å²) in [5, 5.41) is 11.0. The highest BCUT2D eigenvalue weighted by Gasteiger charge is 2.11. The molecule has 0 amide bonds. The van der Waals surface area contributed by atoms with Gasteiger partial charge in [-0.15, -0.1) is 0 Å². The molecule has 0 aliphatic heterocycles. The van der Waals surface area contributed by atoms with Crippen molar-refractivity contribution in [2.24, 2.45) is 0 Å². The molecule has 25 heavy (non-hydrogen) atoms. The van der Waals surface area contributed by atoms with Crippen molar-refractivity contribution in [2.45, 2.75) is 6.42 Å². The molecule has 124 valence electrons. The summed E-state index contributed by atoms with van der Waals surface area (Å²) in [5.41, 5.74) is 3.89. The molecule has 0 saturated carbocycles. The maximum atomic E-state index is 9.16. The van der Waals surface area contributed by atoms with Crippen LogP contribution in [0.4, 0.5) is 0 Å². The van der Waals surface area contributed by atoms with Gasteiger partial charge in [-0.05, 0) is 35.9 Å². The van der Waals surface area contributed by atoms with Gasteiger partial charge in [-0.25, -0.2) is 0 Å². The van der Waals surface area contributed by atoms with E-state index in [0.29, 0.717) is 31.5 Å². The summed E-state index contributed by atoms with van der Waals surface area (Å²) in [7, 11) is 0. The highest BCUT2D eigenvalue weighted by atomic mass is 35.5. The smallest absolute Gasteiger partial charge is 0.0781 e. The van der Waals surface area contributed by atoms with Gasteiger partial charge in [0.25, 0.3) is 0 Å². The number of aromatic nitrogens is 1. The molecule has 3 aromatic rings. The van der Waals surface area contributed by atoms with E-state index in [1.165, 1.54) is 0 Å². The van der Waals surface area contributed by atoms with Crippen molar-refractivity contribution in [3.05, 3.63) is 74.3 Å². The number of nitrogens with zero attached hydrogens (tertiary/aromatic N) is 2. The summed E-state index contributed by atoms with van der Waals surface area (Å²) in [5.74, 6) is 0. The molecular weight excluding hydrogens is 398 g/mol. The van der Waals surface area contributed by atoms with Crippen LogP contribution in [0.2, 0.25) is 20.1 Å². The van der Waals surface area contributed by atoms with Gasteiger partial charge in [-0.2, -0.15) is 5.26 Å². The van der Waals surface area contributed by atoms with Crippen molar-refractivity contribution < 1.29 is 0 Å². The third-order valence-electron chi connectivity index (χ3n) is 3.67. The van der Waals surface area contributed by atoms with Gasteiger partial charge in [0.1, 0.15) is 0 Å². The van der Waals surface area contributed by atoms with Gasteiger partial charge >= 0.3 is 0 Å². The summed E-state index contributed by atoms with van der Waals surface area (Å²) < 4.78 is 0. The van der Waals surface area contributed by atoms with Crippen LogP contribution in [0.5, 0.6) is 0 Å². The fraction of sp³-hybridized carbons (Fsp3) is 0.0526. The minimum atomic E-state index is 0.171. The van der Waals surface area contributed by atoms with Crippen LogP contribution in [-0.2, 0) is 6.42 Å². The van der Waals surface area contributed by atoms with Gasteiger partial charge in [0, 0.05) is 11.1 Å². The minimum Gasteiger partial charge on any atom is -0.251 e. The molecule has 0 bridgehead atoms. The quantitative estimate of drug-likeness (QED) is 0.464. The zero-order chi connectivity index (χ0) is 18.0. The Morgan fingerprint density at radius 1 is 0.760 bits per heavy atom. The monoisotopic (exact) mass is 406 g/mol. The van der Waals surface area contributed by atoms with Gasteiger partial charge in [0.2, 0.25) is 0 Å². The average molecular weight is 408 g/mol. The summed E-state index contributed by atoms with van der Waals surface area (Å²) in [6, 6.07) is 16.6. The molecule has 0 saturated heterocycles. The molecule has 0 radical (unpaired) electrons. The van der Waals surface area contributed by atoms with E-state index in [2.05, 4.69) is 11.1 Å². The molecule has 3 rings (SSSR count). The zero-order valence-corrected chi connectivity index (χ0v) is 15.8. The van der Waals surface area contributed by atoms with E-state index in [0.717, 1.165) is 16.7 Å². The fourth-order valence-corrected chi connectivity index (χ4v) is 3.05. The number of benzene rings is 2. The molecule has 0 aliphatic rings. The average Bonchev–Trinajstić information content (AvgIpc) is 2.60. The van der Waals surface area contributed by atoms with Crippen molar-refractivity contribution in [3.8, 4) is 28.5 Å². The number of hydrogen-bond acceptors (Lipinski definition) is 2. The van der Waals surface area contributed by atoms with Gasteiger partial charge in [0.15, 0.2) is 0 Å². The summed E-state index contributed by atoms with van der Waals surface area (Å²) >= 11 is 24.1. The number of nitriles is 1. The second kappa shape index (κ2) is 7.64. The van der Waals surface area contributed by atoms with Gasteiger partial charge in [-0.3, -0.25) is 4.98 Å². The maximum Gasteiger partial charge on any atom is 0.0781 e. The lowest BCUT2D eigenvalue weighted by Gasteiger charge is -2.11. The first-order valence-electron chi connectivity index (χ1n) is 7.27. The predicted octanol–water partition coefficient (Wildman–Crippen LogP) is 7.10. The predicted molar refractivity (Wildman–Crippen MR) is 104 cm³/mol. The molecule has 0 unspecified atom stereocenters. The van der Waals surface area contributed by atoms with E-state index in [4.69, 9.17) is 51.7 Å². The maximum absolute atomic E-state index is 9.16. The van der Waals surface area contributed by atoms with Crippen LogP contribution >= 0.6 is 46.4 Å². The Balaban J connectivity index is 2.10. The number of hydrogen-bond donors (Lipinski definition) is 0. The molecular formula is C19H10Cl4N2. The van der Waals surface area contributed by atoms with E-state index in [1.807, 2.05) is 24.3 Å². The first-order chi connectivity index (χ1) is 12.0. The van der Waals surface area contributed by atoms with Crippen LogP contribution < -0.4 is 0 Å². The lowest BCUT2D eigenvalue weighted by atomic mass is 10.0. The van der Waals surface area contributed by atoms with E-state index in [9.17, 15) is 0 Å². The van der Waals surface area contributed by atoms with E-state index < -0.39 is 0 Å². The topological polar surface area (TPSA) is 36.7 Å². The molecule has 1 aromatic heterocycles. The molecule has 0 fully saturated rings. The fourth-order valence-electron chi connectivity index (χ4n) is 2.45. The van der Waals surface area contributed by atoms with Crippen molar-refractivity contribution >= 4 is 46.4 Å². The minimum absolute atomic E-state index is 0.171. The van der Waals surface area contributed by atoms with Crippen molar-refractivity contribution in [1.29, 1.82) is 5.26 Å². The molecule has 6 heteroatoms. The van der Waals surface area contributed by atoms with E-state index in [-0.39, 0.29) is 6.42 Å². The van der Waals surface area contributed by atoms with Crippen molar-refractivity contribution in [3.63, 3.8) is 0 Å². The molecule has 0 N–H and O–H groups in total. The summed E-state index contributed by atoms with van der Waals surface area (Å²) in [4.78, 5) is 4.63. The summed E-state index contributed by atoms with van der Waals surface area (Å²) in [6.45, 7) is 0. The molecule has 0 spiro atoms. The third kappa shape index (κ3) is 3.92.